The highest BCUT2D eigenvalue weighted by atomic mass is 16.5. The van der Waals surface area contributed by atoms with Gasteiger partial charge in [0.05, 0.1) is 18.2 Å². The SMILES string of the molecule is CCCCOc1ccc(/C(O)=C2\C(=O)C(=O)N(Cc3cccnc3)[C@H]2c2ccccc2)cc1. The lowest BCUT2D eigenvalue weighted by Crippen LogP contribution is -2.29. The lowest BCUT2D eigenvalue weighted by molar-refractivity contribution is -0.140. The van der Waals surface area contributed by atoms with Crippen LogP contribution >= 0.6 is 0 Å². The Morgan fingerprint density at radius 2 is 1.79 bits per heavy atom. The molecule has 0 aliphatic carbocycles. The molecule has 1 aromatic heterocycles. The van der Waals surface area contributed by atoms with Gasteiger partial charge in [-0.1, -0.05) is 49.7 Å². The van der Waals surface area contributed by atoms with Gasteiger partial charge in [-0.25, -0.2) is 0 Å². The van der Waals surface area contributed by atoms with Gasteiger partial charge in [0.25, 0.3) is 11.7 Å². The summed E-state index contributed by atoms with van der Waals surface area (Å²) in [5.74, 6) is -0.852. The average molecular weight is 443 g/mol. The lowest BCUT2D eigenvalue weighted by Gasteiger charge is -2.25. The normalized spacial score (nSPS) is 17.4. The summed E-state index contributed by atoms with van der Waals surface area (Å²) in [6, 6.07) is 19.1. The molecule has 2 aromatic carbocycles. The molecule has 3 aromatic rings. The van der Waals surface area contributed by atoms with Crippen LogP contribution in [0.1, 0.15) is 42.5 Å². The fraction of sp³-hybridized carbons (Fsp3) is 0.222. The Hall–Kier alpha value is -3.93. The van der Waals surface area contributed by atoms with Crippen LogP contribution in [0.3, 0.4) is 0 Å². The Morgan fingerprint density at radius 1 is 1.03 bits per heavy atom. The molecule has 2 heterocycles. The standard InChI is InChI=1S/C27H26N2O4/c1-2-3-16-33-22-13-11-21(12-14-22)25(30)23-24(20-9-5-4-6-10-20)29(27(32)26(23)31)18-19-8-7-15-28-17-19/h4-15,17,24,30H,2-3,16,18H2,1H3/b25-23+/t24-/m0/s1. The molecule has 168 valence electrons. The molecule has 0 unspecified atom stereocenters. The number of aliphatic hydroxyl groups is 1. The van der Waals surface area contributed by atoms with Gasteiger partial charge in [-0.3, -0.25) is 14.6 Å². The summed E-state index contributed by atoms with van der Waals surface area (Å²) < 4.78 is 5.69. The molecule has 1 aliphatic heterocycles. The maximum Gasteiger partial charge on any atom is 0.295 e. The number of aromatic nitrogens is 1. The zero-order valence-corrected chi connectivity index (χ0v) is 18.5. The number of unbranched alkanes of at least 4 members (excludes halogenated alkanes) is 1. The molecule has 1 saturated heterocycles. The Bertz CT molecular complexity index is 1140. The smallest absolute Gasteiger partial charge is 0.295 e. The van der Waals surface area contributed by atoms with E-state index in [2.05, 4.69) is 11.9 Å². The molecule has 1 aliphatic rings. The minimum atomic E-state index is -0.702. The van der Waals surface area contributed by atoms with E-state index in [1.807, 2.05) is 36.4 Å². The van der Waals surface area contributed by atoms with Crippen molar-refractivity contribution in [3.8, 4) is 5.75 Å². The zero-order chi connectivity index (χ0) is 23.2. The summed E-state index contributed by atoms with van der Waals surface area (Å²) in [6.45, 7) is 2.92. The van der Waals surface area contributed by atoms with E-state index in [0.717, 1.165) is 24.0 Å². The van der Waals surface area contributed by atoms with Gasteiger partial charge >= 0.3 is 0 Å². The van der Waals surface area contributed by atoms with Crippen LogP contribution in [0.4, 0.5) is 0 Å². The van der Waals surface area contributed by atoms with Crippen molar-refractivity contribution in [3.05, 3.63) is 101 Å². The molecule has 1 N–H and O–H groups in total. The van der Waals surface area contributed by atoms with Crippen molar-refractivity contribution in [1.29, 1.82) is 0 Å². The van der Waals surface area contributed by atoms with E-state index in [1.54, 1.807) is 42.7 Å². The first-order valence-corrected chi connectivity index (χ1v) is 11.1. The third-order valence-corrected chi connectivity index (χ3v) is 5.63. The summed E-state index contributed by atoms with van der Waals surface area (Å²) in [7, 11) is 0. The highest BCUT2D eigenvalue weighted by molar-refractivity contribution is 6.46. The minimum Gasteiger partial charge on any atom is -0.507 e. The largest absolute Gasteiger partial charge is 0.507 e. The number of likely N-dealkylation sites (tertiary alicyclic amines) is 1. The van der Waals surface area contributed by atoms with E-state index < -0.39 is 17.7 Å². The molecule has 1 fully saturated rings. The van der Waals surface area contributed by atoms with Gasteiger partial charge in [-0.2, -0.15) is 0 Å². The fourth-order valence-corrected chi connectivity index (χ4v) is 3.91. The van der Waals surface area contributed by atoms with Gasteiger partial charge in [-0.15, -0.1) is 0 Å². The van der Waals surface area contributed by atoms with Crippen LogP contribution in [0.25, 0.3) is 5.76 Å². The van der Waals surface area contributed by atoms with Crippen LogP contribution in [0.5, 0.6) is 5.75 Å². The van der Waals surface area contributed by atoms with Crippen LogP contribution < -0.4 is 4.74 Å². The van der Waals surface area contributed by atoms with Crippen molar-refractivity contribution in [2.24, 2.45) is 0 Å². The summed E-state index contributed by atoms with van der Waals surface area (Å²) in [6.07, 6.45) is 5.32. The maximum atomic E-state index is 13.1. The molecule has 0 spiro atoms. The molecule has 1 atom stereocenters. The number of carbonyl (C=O) groups is 2. The Balaban J connectivity index is 1.72. The third-order valence-electron chi connectivity index (χ3n) is 5.63. The van der Waals surface area contributed by atoms with E-state index in [9.17, 15) is 14.7 Å². The van der Waals surface area contributed by atoms with Crippen LogP contribution in [-0.4, -0.2) is 33.3 Å². The van der Waals surface area contributed by atoms with Gasteiger partial charge < -0.3 is 14.7 Å². The van der Waals surface area contributed by atoms with Gasteiger partial charge in [0, 0.05) is 24.5 Å². The van der Waals surface area contributed by atoms with Crippen molar-refractivity contribution in [2.75, 3.05) is 6.61 Å². The molecule has 1 amide bonds. The van der Waals surface area contributed by atoms with E-state index >= 15 is 0 Å². The second-order valence-electron chi connectivity index (χ2n) is 7.93. The summed E-state index contributed by atoms with van der Waals surface area (Å²) in [4.78, 5) is 31.7. The van der Waals surface area contributed by atoms with Crippen LogP contribution in [0, 0.1) is 0 Å². The van der Waals surface area contributed by atoms with Gasteiger partial charge in [0.15, 0.2) is 0 Å². The average Bonchev–Trinajstić information content (AvgIpc) is 3.10. The number of amides is 1. The first kappa shape index (κ1) is 22.3. The number of carbonyl (C=O) groups excluding carboxylic acids is 2. The lowest BCUT2D eigenvalue weighted by atomic mass is 9.95. The molecule has 33 heavy (non-hydrogen) atoms. The Kier molecular flexibility index (Phi) is 6.83. The first-order valence-electron chi connectivity index (χ1n) is 11.1. The van der Waals surface area contributed by atoms with Gasteiger partial charge in [-0.05, 0) is 47.9 Å². The molecule has 0 saturated carbocycles. The second kappa shape index (κ2) is 10.1. The Morgan fingerprint density at radius 3 is 2.45 bits per heavy atom. The zero-order valence-electron chi connectivity index (χ0n) is 18.5. The van der Waals surface area contributed by atoms with Crippen molar-refractivity contribution in [2.45, 2.75) is 32.4 Å². The van der Waals surface area contributed by atoms with Crippen LogP contribution in [-0.2, 0) is 16.1 Å². The van der Waals surface area contributed by atoms with Crippen LogP contribution in [0.15, 0.2) is 84.7 Å². The van der Waals surface area contributed by atoms with Crippen LogP contribution in [0.2, 0.25) is 0 Å². The van der Waals surface area contributed by atoms with Crippen molar-refractivity contribution in [3.63, 3.8) is 0 Å². The third kappa shape index (κ3) is 4.80. The number of rotatable bonds is 8. The van der Waals surface area contributed by atoms with Gasteiger partial charge in [0.2, 0.25) is 0 Å². The Labute approximate surface area is 193 Å². The molecular weight excluding hydrogens is 416 g/mol. The summed E-state index contributed by atoms with van der Waals surface area (Å²) in [5, 5.41) is 11.2. The molecule has 0 bridgehead atoms. The number of ether oxygens (including phenoxy) is 1. The van der Waals surface area contributed by atoms with Crippen molar-refractivity contribution < 1.29 is 19.4 Å². The molecular formula is C27H26N2O4. The van der Waals surface area contributed by atoms with Crippen molar-refractivity contribution in [1.82, 2.24) is 9.88 Å². The number of benzene rings is 2. The van der Waals surface area contributed by atoms with Gasteiger partial charge in [0.1, 0.15) is 11.5 Å². The monoisotopic (exact) mass is 442 g/mol. The van der Waals surface area contributed by atoms with E-state index in [1.165, 1.54) is 4.90 Å². The first-order chi connectivity index (χ1) is 16.1. The van der Waals surface area contributed by atoms with E-state index in [4.69, 9.17) is 4.74 Å². The number of Topliss-reactive ketones (excluding diaryl/α,β-unsaturated/α-hetero) is 1. The summed E-state index contributed by atoms with van der Waals surface area (Å²) in [5.41, 5.74) is 2.09. The topological polar surface area (TPSA) is 79.7 Å². The molecule has 4 rings (SSSR count). The maximum absolute atomic E-state index is 13.1. The predicted octanol–water partition coefficient (Wildman–Crippen LogP) is 4.88. The summed E-state index contributed by atoms with van der Waals surface area (Å²) >= 11 is 0. The number of nitrogens with zero attached hydrogens (tertiary/aromatic N) is 2. The number of hydrogen-bond donors (Lipinski definition) is 1. The number of aliphatic hydroxyl groups excluding tert-OH is 1. The number of hydrogen-bond acceptors (Lipinski definition) is 5. The quantitative estimate of drug-likeness (QED) is 0.233. The number of pyridine rings is 1. The highest BCUT2D eigenvalue weighted by Gasteiger charge is 2.46. The number of ketones is 1. The highest BCUT2D eigenvalue weighted by Crippen LogP contribution is 2.40. The van der Waals surface area contributed by atoms with E-state index in [-0.39, 0.29) is 17.9 Å². The minimum absolute atomic E-state index is 0.0785. The molecule has 6 heteroatoms. The molecule has 0 radical (unpaired) electrons. The fourth-order valence-electron chi connectivity index (χ4n) is 3.91. The molecule has 6 nitrogen and oxygen atoms in total. The van der Waals surface area contributed by atoms with E-state index in [0.29, 0.717) is 17.9 Å². The predicted molar refractivity (Wildman–Crippen MR) is 125 cm³/mol. The van der Waals surface area contributed by atoms with Crippen molar-refractivity contribution >= 4 is 17.4 Å². The second-order valence-corrected chi connectivity index (χ2v) is 7.93.